The monoisotopic (exact) mass is 887 g/mol. The van der Waals surface area contributed by atoms with Crippen LogP contribution >= 0.6 is 11.8 Å². The molecule has 0 radical (unpaired) electrons. The van der Waals surface area contributed by atoms with Gasteiger partial charge in [0, 0.05) is 43.4 Å². The number of thioether (sulfide) groups is 1. The highest BCUT2D eigenvalue weighted by atomic mass is 32.2. The number of esters is 1. The van der Waals surface area contributed by atoms with Crippen molar-refractivity contribution in [1.29, 1.82) is 0 Å². The number of fused-ring (bicyclic) bond motifs is 6. The quantitative estimate of drug-likeness (QED) is 0.0296. The minimum Gasteiger partial charge on any atom is -0.462 e. The van der Waals surface area contributed by atoms with Crippen molar-refractivity contribution in [2.45, 2.75) is 167 Å². The van der Waals surface area contributed by atoms with Crippen LogP contribution < -0.4 is 21.3 Å². The van der Waals surface area contributed by atoms with Crippen molar-refractivity contribution >= 4 is 35.6 Å². The van der Waals surface area contributed by atoms with E-state index in [9.17, 15) is 19.2 Å². The number of amides is 4. The van der Waals surface area contributed by atoms with Gasteiger partial charge in [-0.1, -0.05) is 72.0 Å². The Morgan fingerprint density at radius 3 is 2.24 bits per heavy atom. The predicted molar refractivity (Wildman–Crippen MR) is 245 cm³/mol. The zero-order valence-electron chi connectivity index (χ0n) is 38.9. The van der Waals surface area contributed by atoms with Crippen LogP contribution in [-0.4, -0.2) is 106 Å². The Hall–Kier alpha value is -2.35. The maximum atomic E-state index is 12.8. The molecular weight excluding hydrogens is 805 g/mol. The van der Waals surface area contributed by atoms with Crippen molar-refractivity contribution in [1.82, 2.24) is 21.3 Å². The second-order valence-electron chi connectivity index (χ2n) is 20.5. The van der Waals surface area contributed by atoms with Crippen LogP contribution in [0.2, 0.25) is 0 Å². The Balaban J connectivity index is 0.736. The fourth-order valence-corrected chi connectivity index (χ4v) is 14.3. The van der Waals surface area contributed by atoms with Gasteiger partial charge >= 0.3 is 12.0 Å². The SMILES string of the molecule is CC(C)CCCC(C)[C@H]1CCC2C3CC=C4C[C@@H](OC(=O)CCC(=O)NCCOCCOCCOCCNC(=O)CCCC[C@@H]5SCC6NC(=O)NC65)CC[C@]4(C)C3CC[C@@]21C. The van der Waals surface area contributed by atoms with Gasteiger partial charge in [0.2, 0.25) is 11.8 Å². The minimum atomic E-state index is -0.280. The summed E-state index contributed by atoms with van der Waals surface area (Å²) in [6, 6.07) is 0.389. The third-order valence-corrected chi connectivity index (χ3v) is 17.6. The van der Waals surface area contributed by atoms with E-state index in [0.717, 1.165) is 79.8 Å². The topological polar surface area (TPSA) is 153 Å². The highest BCUT2D eigenvalue weighted by molar-refractivity contribution is 8.00. The second kappa shape index (κ2) is 23.7. The zero-order chi connectivity index (χ0) is 44.1. The number of nitrogens with one attached hydrogen (secondary N) is 4. The maximum absolute atomic E-state index is 12.8. The molecule has 0 aromatic rings. The number of urea groups is 1. The normalized spacial score (nSPS) is 32.7. The van der Waals surface area contributed by atoms with Gasteiger partial charge in [-0.2, -0.15) is 11.8 Å². The number of rotatable bonds is 26. The summed E-state index contributed by atoms with van der Waals surface area (Å²) in [5, 5.41) is 12.1. The van der Waals surface area contributed by atoms with Crippen LogP contribution in [0.1, 0.15) is 144 Å². The Labute approximate surface area is 377 Å². The molecule has 6 aliphatic rings. The van der Waals surface area contributed by atoms with Gasteiger partial charge < -0.3 is 40.2 Å². The number of hydrogen-bond donors (Lipinski definition) is 4. The van der Waals surface area contributed by atoms with E-state index >= 15 is 0 Å². The molecule has 3 saturated carbocycles. The van der Waals surface area contributed by atoms with Gasteiger partial charge in [0.15, 0.2) is 0 Å². The van der Waals surface area contributed by atoms with Gasteiger partial charge in [-0.05, 0) is 104 Å². The maximum Gasteiger partial charge on any atom is 0.315 e. The molecular formula is C49H82N4O8S. The van der Waals surface area contributed by atoms with E-state index in [2.05, 4.69) is 62.0 Å². The summed E-state index contributed by atoms with van der Waals surface area (Å²) in [5.74, 6) is 5.40. The number of unbranched alkanes of at least 4 members (excludes halogenated alkanes) is 1. The van der Waals surface area contributed by atoms with Crippen LogP contribution in [0.4, 0.5) is 4.79 Å². The van der Waals surface area contributed by atoms with Gasteiger partial charge in [-0.15, -0.1) is 0 Å². The molecule has 352 valence electrons. The number of ether oxygens (including phenoxy) is 4. The van der Waals surface area contributed by atoms with Gasteiger partial charge in [0.25, 0.3) is 0 Å². The molecule has 0 bridgehead atoms. The number of hydrogen-bond acceptors (Lipinski definition) is 9. The molecule has 0 aromatic heterocycles. The lowest BCUT2D eigenvalue weighted by Gasteiger charge is -2.58. The van der Waals surface area contributed by atoms with Gasteiger partial charge in [0.1, 0.15) is 6.10 Å². The van der Waals surface area contributed by atoms with Crippen LogP contribution in [0.25, 0.3) is 0 Å². The summed E-state index contributed by atoms with van der Waals surface area (Å²) >= 11 is 1.90. The molecule has 62 heavy (non-hydrogen) atoms. The van der Waals surface area contributed by atoms with E-state index in [1.165, 1.54) is 56.9 Å². The van der Waals surface area contributed by atoms with Crippen molar-refractivity contribution in [3.8, 4) is 0 Å². The van der Waals surface area contributed by atoms with Crippen molar-refractivity contribution in [3.63, 3.8) is 0 Å². The second-order valence-corrected chi connectivity index (χ2v) is 21.8. The van der Waals surface area contributed by atoms with Crippen LogP contribution in [0.3, 0.4) is 0 Å². The van der Waals surface area contributed by atoms with Crippen molar-refractivity contribution in [2.75, 3.05) is 58.5 Å². The average molecular weight is 887 g/mol. The fourth-order valence-electron chi connectivity index (χ4n) is 12.7. The van der Waals surface area contributed by atoms with Crippen LogP contribution in [-0.2, 0) is 33.3 Å². The van der Waals surface area contributed by atoms with Gasteiger partial charge in [-0.25, -0.2) is 4.79 Å². The first-order valence-corrected chi connectivity index (χ1v) is 25.8. The Morgan fingerprint density at radius 2 is 1.52 bits per heavy atom. The largest absolute Gasteiger partial charge is 0.462 e. The Kier molecular flexibility index (Phi) is 18.8. The first kappa shape index (κ1) is 49.1. The first-order chi connectivity index (χ1) is 29.9. The summed E-state index contributed by atoms with van der Waals surface area (Å²) in [6.07, 6.45) is 19.6. The van der Waals surface area contributed by atoms with E-state index < -0.39 is 0 Å². The van der Waals surface area contributed by atoms with Crippen LogP contribution in [0.15, 0.2) is 11.6 Å². The fraction of sp³-hybridized carbons (Fsp3) is 0.878. The Morgan fingerprint density at radius 1 is 0.806 bits per heavy atom. The molecule has 0 spiro atoms. The molecule has 2 aliphatic heterocycles. The average Bonchev–Trinajstić information content (AvgIpc) is 3.92. The van der Waals surface area contributed by atoms with Crippen molar-refractivity contribution in [2.24, 2.45) is 46.3 Å². The molecule has 11 atom stereocenters. The number of carbonyl (C=O) groups is 4. The molecule has 6 unspecified atom stereocenters. The van der Waals surface area contributed by atoms with Gasteiger partial charge in [-0.3, -0.25) is 14.4 Å². The lowest BCUT2D eigenvalue weighted by molar-refractivity contribution is -0.152. The minimum absolute atomic E-state index is 0.0333. The van der Waals surface area contributed by atoms with Crippen LogP contribution in [0, 0.1) is 46.3 Å². The number of carbonyl (C=O) groups excluding carboxylic acids is 4. The van der Waals surface area contributed by atoms with Crippen molar-refractivity contribution < 1.29 is 38.1 Å². The zero-order valence-corrected chi connectivity index (χ0v) is 39.7. The lowest BCUT2D eigenvalue weighted by atomic mass is 9.47. The van der Waals surface area contributed by atoms with E-state index in [1.807, 2.05) is 11.8 Å². The third-order valence-electron chi connectivity index (χ3n) is 16.1. The Bertz CT molecular complexity index is 1510. The smallest absolute Gasteiger partial charge is 0.315 e. The summed E-state index contributed by atoms with van der Waals surface area (Å²) in [4.78, 5) is 48.9. The molecule has 13 heteroatoms. The molecule has 12 nitrogen and oxygen atoms in total. The summed E-state index contributed by atoms with van der Waals surface area (Å²) in [6.45, 7) is 15.7. The van der Waals surface area contributed by atoms with E-state index in [-0.39, 0.29) is 60.3 Å². The summed E-state index contributed by atoms with van der Waals surface area (Å²) in [7, 11) is 0. The van der Waals surface area contributed by atoms with Crippen molar-refractivity contribution in [3.05, 3.63) is 11.6 Å². The molecule has 4 aliphatic carbocycles. The lowest BCUT2D eigenvalue weighted by Crippen LogP contribution is -2.51. The molecule has 0 aromatic carbocycles. The van der Waals surface area contributed by atoms with E-state index in [0.29, 0.717) is 69.8 Å². The highest BCUT2D eigenvalue weighted by Crippen LogP contribution is 2.67. The van der Waals surface area contributed by atoms with Gasteiger partial charge in [0.05, 0.1) is 58.1 Å². The highest BCUT2D eigenvalue weighted by Gasteiger charge is 2.59. The molecule has 4 N–H and O–H groups in total. The first-order valence-electron chi connectivity index (χ1n) is 24.7. The summed E-state index contributed by atoms with van der Waals surface area (Å²) in [5.41, 5.74) is 2.23. The molecule has 2 heterocycles. The van der Waals surface area contributed by atoms with E-state index in [1.54, 1.807) is 0 Å². The molecule has 2 saturated heterocycles. The van der Waals surface area contributed by atoms with E-state index in [4.69, 9.17) is 18.9 Å². The molecule has 4 amide bonds. The predicted octanol–water partition coefficient (Wildman–Crippen LogP) is 7.73. The summed E-state index contributed by atoms with van der Waals surface area (Å²) < 4.78 is 22.6. The standard InChI is InChI=1S/C49H82N4O8S/c1-33(2)9-8-10-34(3)38-15-16-39-37-14-13-35-31-36(19-21-48(35,4)40(37)20-22-49(38,39)5)61-45(56)18-17-44(55)51-24-26-59-28-30-60-29-27-58-25-23-50-43(54)12-7-6-11-42-46-41(32-62-42)52-47(57)53-46/h13,33-34,36-42,46H,6-12,14-32H2,1-5H3,(H,50,54)(H,51,55)(H2,52,53,57)/t34?,36-,37?,38+,39?,40?,41?,42-,46?,48-,49+/m0/s1. The molecule has 5 fully saturated rings. The third kappa shape index (κ3) is 13.1. The number of allylic oxidation sites excluding steroid dienone is 1. The van der Waals surface area contributed by atoms with Crippen LogP contribution in [0.5, 0.6) is 0 Å². The molecule has 6 rings (SSSR count).